The van der Waals surface area contributed by atoms with Gasteiger partial charge in [-0.15, -0.1) is 24.0 Å². The Morgan fingerprint density at radius 2 is 1.96 bits per heavy atom. The fourth-order valence-corrected chi connectivity index (χ4v) is 2.52. The van der Waals surface area contributed by atoms with E-state index in [1.807, 2.05) is 24.9 Å². The zero-order valence-corrected chi connectivity index (χ0v) is 18.0. The van der Waals surface area contributed by atoms with E-state index in [1.165, 1.54) is 6.26 Å². The lowest BCUT2D eigenvalue weighted by molar-refractivity contribution is 0.477. The van der Waals surface area contributed by atoms with Gasteiger partial charge in [0.25, 0.3) is 0 Å². The molecular formula is C14H22Cl2IN3O2S. The number of halogens is 3. The molecule has 1 rings (SSSR count). The van der Waals surface area contributed by atoms with Crippen molar-refractivity contribution in [3.8, 4) is 0 Å². The highest BCUT2D eigenvalue weighted by Gasteiger charge is 2.09. The number of sulfone groups is 1. The fraction of sp³-hybridized carbons (Fsp3) is 0.500. The van der Waals surface area contributed by atoms with Crippen LogP contribution in [0.1, 0.15) is 12.5 Å². The van der Waals surface area contributed by atoms with E-state index >= 15 is 0 Å². The first-order valence-electron chi connectivity index (χ1n) is 6.84. The van der Waals surface area contributed by atoms with Crippen LogP contribution >= 0.6 is 47.2 Å². The smallest absolute Gasteiger partial charge is 0.193 e. The Morgan fingerprint density at radius 3 is 2.48 bits per heavy atom. The van der Waals surface area contributed by atoms with Crippen molar-refractivity contribution in [1.29, 1.82) is 0 Å². The Labute approximate surface area is 165 Å². The number of nitrogens with zero attached hydrogens (tertiary/aromatic N) is 2. The Hall–Kier alpha value is -0.250. The van der Waals surface area contributed by atoms with Crippen molar-refractivity contribution in [3.63, 3.8) is 0 Å². The van der Waals surface area contributed by atoms with Crippen molar-refractivity contribution in [1.82, 2.24) is 10.2 Å². The van der Waals surface area contributed by atoms with Gasteiger partial charge in [-0.3, -0.25) is 4.99 Å². The Bertz CT molecular complexity index is 639. The molecule has 0 heterocycles. The van der Waals surface area contributed by atoms with E-state index in [4.69, 9.17) is 23.2 Å². The van der Waals surface area contributed by atoms with Gasteiger partial charge in [0.1, 0.15) is 9.84 Å². The molecule has 0 aliphatic rings. The standard InChI is InChI=1S/C14H21Cl2N3O2S.HI/c1-4-17-14(18-7-8-22(3,20)21)19(2)10-11-5-6-12(15)13(16)9-11;/h5-6,9H,4,7-8,10H2,1-3H3,(H,17,18);1H. The number of aliphatic imine (C=N–C) groups is 1. The zero-order valence-electron chi connectivity index (χ0n) is 13.3. The summed E-state index contributed by atoms with van der Waals surface area (Å²) in [5, 5.41) is 4.16. The largest absolute Gasteiger partial charge is 0.357 e. The number of hydrogen-bond acceptors (Lipinski definition) is 3. The average molecular weight is 494 g/mol. The van der Waals surface area contributed by atoms with Gasteiger partial charge in [-0.05, 0) is 24.6 Å². The molecule has 5 nitrogen and oxygen atoms in total. The van der Waals surface area contributed by atoms with Gasteiger partial charge in [0.05, 0.1) is 22.3 Å². The highest BCUT2D eigenvalue weighted by atomic mass is 127. The lowest BCUT2D eigenvalue weighted by Gasteiger charge is -2.22. The molecule has 0 spiro atoms. The summed E-state index contributed by atoms with van der Waals surface area (Å²) in [7, 11) is -1.14. The Balaban J connectivity index is 0.00000484. The van der Waals surface area contributed by atoms with Gasteiger partial charge in [-0.1, -0.05) is 29.3 Å². The minimum Gasteiger partial charge on any atom is -0.357 e. The average Bonchev–Trinajstić information content (AvgIpc) is 2.40. The van der Waals surface area contributed by atoms with Crippen LogP contribution < -0.4 is 5.32 Å². The van der Waals surface area contributed by atoms with Crippen molar-refractivity contribution in [2.24, 2.45) is 4.99 Å². The van der Waals surface area contributed by atoms with Gasteiger partial charge in [0.2, 0.25) is 0 Å². The van der Waals surface area contributed by atoms with Crippen LogP contribution in [0.5, 0.6) is 0 Å². The second-order valence-electron chi connectivity index (χ2n) is 4.97. The maximum atomic E-state index is 11.2. The Morgan fingerprint density at radius 1 is 1.30 bits per heavy atom. The predicted octanol–water partition coefficient (Wildman–Crippen LogP) is 3.05. The molecule has 0 radical (unpaired) electrons. The minimum absolute atomic E-state index is 0. The number of benzene rings is 1. The monoisotopic (exact) mass is 493 g/mol. The molecule has 0 aromatic heterocycles. The molecule has 0 aliphatic heterocycles. The number of rotatable bonds is 6. The molecule has 1 N–H and O–H groups in total. The van der Waals surface area contributed by atoms with Gasteiger partial charge in [0.15, 0.2) is 5.96 Å². The first kappa shape index (κ1) is 22.8. The quantitative estimate of drug-likeness (QED) is 0.376. The molecule has 0 amide bonds. The van der Waals surface area contributed by atoms with E-state index in [2.05, 4.69) is 10.3 Å². The lowest BCUT2D eigenvalue weighted by atomic mass is 10.2. The topological polar surface area (TPSA) is 61.8 Å². The highest BCUT2D eigenvalue weighted by Crippen LogP contribution is 2.23. The first-order valence-corrected chi connectivity index (χ1v) is 9.65. The Kier molecular flexibility index (Phi) is 10.5. The molecule has 0 atom stereocenters. The molecule has 0 saturated carbocycles. The third kappa shape index (κ3) is 8.97. The van der Waals surface area contributed by atoms with Crippen LogP contribution in [0.3, 0.4) is 0 Å². The van der Waals surface area contributed by atoms with E-state index in [1.54, 1.807) is 12.1 Å². The van der Waals surface area contributed by atoms with Crippen LogP contribution in [0.2, 0.25) is 10.0 Å². The third-order valence-corrected chi connectivity index (χ3v) is 4.49. The minimum atomic E-state index is -3.02. The van der Waals surface area contributed by atoms with Crippen molar-refractivity contribution in [2.75, 3.05) is 32.1 Å². The summed E-state index contributed by atoms with van der Waals surface area (Å²) in [6, 6.07) is 5.45. The van der Waals surface area contributed by atoms with Crippen LogP contribution in [0.15, 0.2) is 23.2 Å². The molecule has 132 valence electrons. The van der Waals surface area contributed by atoms with Gasteiger partial charge in [-0.2, -0.15) is 0 Å². The molecule has 0 unspecified atom stereocenters. The summed E-state index contributed by atoms with van der Waals surface area (Å²) >= 11 is 11.9. The lowest BCUT2D eigenvalue weighted by Crippen LogP contribution is -2.38. The SMILES string of the molecule is CCNC(=NCCS(C)(=O)=O)N(C)Cc1ccc(Cl)c(Cl)c1.I. The van der Waals surface area contributed by atoms with E-state index in [9.17, 15) is 8.42 Å². The highest BCUT2D eigenvalue weighted by molar-refractivity contribution is 14.0. The van der Waals surface area contributed by atoms with Crippen LogP contribution in [-0.4, -0.2) is 51.4 Å². The summed E-state index contributed by atoms with van der Waals surface area (Å²) < 4.78 is 22.3. The van der Waals surface area contributed by atoms with E-state index < -0.39 is 9.84 Å². The molecule has 1 aromatic rings. The van der Waals surface area contributed by atoms with E-state index in [0.29, 0.717) is 29.1 Å². The molecule has 0 saturated heterocycles. The van der Waals surface area contributed by atoms with Crippen molar-refractivity contribution in [3.05, 3.63) is 33.8 Å². The summed E-state index contributed by atoms with van der Waals surface area (Å²) in [6.45, 7) is 3.47. The normalized spacial score (nSPS) is 11.8. The fourth-order valence-electron chi connectivity index (χ4n) is 1.77. The summed E-state index contributed by atoms with van der Waals surface area (Å²) in [4.78, 5) is 6.24. The van der Waals surface area contributed by atoms with Crippen LogP contribution in [-0.2, 0) is 16.4 Å². The zero-order chi connectivity index (χ0) is 16.8. The number of guanidine groups is 1. The van der Waals surface area contributed by atoms with Crippen molar-refractivity contribution < 1.29 is 8.42 Å². The molecule has 1 aromatic carbocycles. The first-order chi connectivity index (χ1) is 10.2. The molecule has 9 heteroatoms. The molecule has 23 heavy (non-hydrogen) atoms. The summed E-state index contributed by atoms with van der Waals surface area (Å²) in [6.07, 6.45) is 1.20. The molecule has 0 aliphatic carbocycles. The van der Waals surface area contributed by atoms with Crippen LogP contribution in [0.4, 0.5) is 0 Å². The second kappa shape index (κ2) is 10.6. The van der Waals surface area contributed by atoms with Crippen LogP contribution in [0.25, 0.3) is 0 Å². The number of nitrogens with one attached hydrogen (secondary N) is 1. The molecule has 0 fully saturated rings. The third-order valence-electron chi connectivity index (χ3n) is 2.82. The number of hydrogen-bond donors (Lipinski definition) is 1. The predicted molar refractivity (Wildman–Crippen MR) is 109 cm³/mol. The maximum absolute atomic E-state index is 11.2. The second-order valence-corrected chi connectivity index (χ2v) is 8.04. The molecular weight excluding hydrogens is 472 g/mol. The van der Waals surface area contributed by atoms with Crippen molar-refractivity contribution >= 4 is 63.0 Å². The van der Waals surface area contributed by atoms with Gasteiger partial charge in [0, 0.05) is 26.4 Å². The molecule has 0 bridgehead atoms. The van der Waals surface area contributed by atoms with E-state index in [-0.39, 0.29) is 36.3 Å². The maximum Gasteiger partial charge on any atom is 0.193 e. The van der Waals surface area contributed by atoms with Crippen molar-refractivity contribution in [2.45, 2.75) is 13.5 Å². The summed E-state index contributed by atoms with van der Waals surface area (Å²) in [5.74, 6) is 0.680. The summed E-state index contributed by atoms with van der Waals surface area (Å²) in [5.41, 5.74) is 0.991. The van der Waals surface area contributed by atoms with Gasteiger partial charge >= 0.3 is 0 Å². The van der Waals surface area contributed by atoms with E-state index in [0.717, 1.165) is 5.56 Å². The van der Waals surface area contributed by atoms with Crippen LogP contribution in [0, 0.1) is 0 Å². The van der Waals surface area contributed by atoms with Gasteiger partial charge in [-0.25, -0.2) is 8.42 Å². The van der Waals surface area contributed by atoms with Gasteiger partial charge < -0.3 is 10.2 Å².